The Kier molecular flexibility index (Phi) is 6.15. The number of benzene rings is 3. The van der Waals surface area contributed by atoms with Crippen LogP contribution < -0.4 is 15.2 Å². The number of urea groups is 1. The van der Waals surface area contributed by atoms with E-state index >= 15 is 0 Å². The summed E-state index contributed by atoms with van der Waals surface area (Å²) in [6.45, 7) is 0.886. The molecular weight excluding hydrogens is 387 g/mol. The summed E-state index contributed by atoms with van der Waals surface area (Å²) in [5.74, 6) is 0. The van der Waals surface area contributed by atoms with Crippen molar-refractivity contribution in [2.24, 2.45) is 0 Å². The van der Waals surface area contributed by atoms with Gasteiger partial charge in [-0.25, -0.2) is 4.79 Å². The predicted molar refractivity (Wildman–Crippen MR) is 116 cm³/mol. The van der Waals surface area contributed by atoms with E-state index in [4.69, 9.17) is 12.9 Å². The van der Waals surface area contributed by atoms with E-state index in [1.165, 1.54) is 0 Å². The van der Waals surface area contributed by atoms with Crippen LogP contribution in [0.1, 0.15) is 6.42 Å². The fourth-order valence-electron chi connectivity index (χ4n) is 2.88. The van der Waals surface area contributed by atoms with Crippen molar-refractivity contribution >= 4 is 41.9 Å². The van der Waals surface area contributed by atoms with E-state index < -0.39 is 8.24 Å². The lowest BCUT2D eigenvalue weighted by atomic mass is 10.1. The molecule has 2 N–H and O–H groups in total. The highest BCUT2D eigenvalue weighted by molar-refractivity contribution is 7.31. The summed E-state index contributed by atoms with van der Waals surface area (Å²) >= 11 is 0. The lowest BCUT2D eigenvalue weighted by Crippen LogP contribution is -2.30. The molecule has 0 saturated carbocycles. The molecule has 29 heavy (non-hydrogen) atoms. The standard InChI is InChI=1S/C22H21N2O4P/c25-22(24-17-9-2-1-3-10-17)23-15-8-16-26-29-27-20-13-6-4-11-18(20)19-12-5-7-14-21(19)28-29/h1-7,9-14H,8,15-16H2,(H2,23,24,25). The maximum absolute atomic E-state index is 11.9. The van der Waals surface area contributed by atoms with Gasteiger partial charge in [0.2, 0.25) is 0 Å². The molecule has 0 spiro atoms. The summed E-state index contributed by atoms with van der Waals surface area (Å²) in [5.41, 5.74) is 2.23. The van der Waals surface area contributed by atoms with Gasteiger partial charge in [-0.15, -0.1) is 0 Å². The Morgan fingerprint density at radius 1 is 0.828 bits per heavy atom. The zero-order valence-corrected chi connectivity index (χ0v) is 16.6. The summed E-state index contributed by atoms with van der Waals surface area (Å²) in [7, 11) is -1.57. The number of anilines is 1. The van der Waals surface area contributed by atoms with E-state index in [-0.39, 0.29) is 6.03 Å². The molecule has 0 radical (unpaired) electrons. The first kappa shape index (κ1) is 19.1. The van der Waals surface area contributed by atoms with Gasteiger partial charge in [-0.05, 0) is 30.7 Å². The number of hydrogen-bond donors (Lipinski definition) is 2. The highest BCUT2D eigenvalue weighted by atomic mass is 31.1. The lowest BCUT2D eigenvalue weighted by Gasteiger charge is -2.07. The van der Waals surface area contributed by atoms with Crippen molar-refractivity contribution in [3.05, 3.63) is 78.9 Å². The molecule has 1 aromatic heterocycles. The zero-order chi connectivity index (χ0) is 19.9. The van der Waals surface area contributed by atoms with Crippen LogP contribution in [0.15, 0.2) is 87.3 Å². The zero-order valence-electron chi connectivity index (χ0n) is 15.7. The lowest BCUT2D eigenvalue weighted by molar-refractivity contribution is 0.251. The van der Waals surface area contributed by atoms with Crippen LogP contribution in [0.4, 0.5) is 10.5 Å². The van der Waals surface area contributed by atoms with Crippen molar-refractivity contribution in [2.75, 3.05) is 18.5 Å². The molecule has 3 aromatic carbocycles. The molecule has 7 heteroatoms. The van der Waals surface area contributed by atoms with Gasteiger partial charge in [0.1, 0.15) is 11.2 Å². The molecule has 0 aliphatic carbocycles. The average molecular weight is 408 g/mol. The summed E-state index contributed by atoms with van der Waals surface area (Å²) in [4.78, 5) is 11.9. The molecule has 0 bridgehead atoms. The van der Waals surface area contributed by atoms with Gasteiger partial charge in [0.15, 0.2) is 0 Å². The second-order valence-electron chi connectivity index (χ2n) is 6.33. The van der Waals surface area contributed by atoms with E-state index in [2.05, 4.69) is 10.6 Å². The number of fused-ring (bicyclic) bond motifs is 3. The van der Waals surface area contributed by atoms with Crippen LogP contribution in [0.2, 0.25) is 0 Å². The van der Waals surface area contributed by atoms with E-state index in [1.807, 2.05) is 78.9 Å². The molecule has 4 rings (SSSR count). The normalized spacial score (nSPS) is 10.8. The molecule has 0 aliphatic rings. The van der Waals surface area contributed by atoms with Gasteiger partial charge < -0.3 is 19.0 Å². The molecule has 0 atom stereocenters. The summed E-state index contributed by atoms with van der Waals surface area (Å²) in [5, 5.41) is 7.55. The largest absolute Gasteiger partial charge is 0.399 e. The van der Waals surface area contributed by atoms with Crippen molar-refractivity contribution in [2.45, 2.75) is 6.42 Å². The number of hydrogen-bond acceptors (Lipinski definition) is 4. The molecule has 0 fully saturated rings. The van der Waals surface area contributed by atoms with Gasteiger partial charge in [0.05, 0.1) is 6.61 Å². The highest BCUT2D eigenvalue weighted by Gasteiger charge is 2.06. The van der Waals surface area contributed by atoms with Gasteiger partial charge in [0, 0.05) is 23.0 Å². The van der Waals surface area contributed by atoms with Crippen LogP contribution >= 0.6 is 8.24 Å². The van der Waals surface area contributed by atoms with Crippen molar-refractivity contribution in [1.82, 2.24) is 5.32 Å². The van der Waals surface area contributed by atoms with Crippen LogP contribution in [0.3, 0.4) is 0 Å². The Morgan fingerprint density at radius 2 is 1.41 bits per heavy atom. The van der Waals surface area contributed by atoms with Gasteiger partial charge in [-0.3, -0.25) is 4.52 Å². The van der Waals surface area contributed by atoms with Crippen molar-refractivity contribution in [3.63, 3.8) is 0 Å². The Labute approximate surface area is 169 Å². The first-order valence-corrected chi connectivity index (χ1v) is 10.5. The van der Waals surface area contributed by atoms with E-state index in [0.29, 0.717) is 19.6 Å². The molecule has 148 valence electrons. The molecule has 0 aliphatic heterocycles. The molecule has 4 aromatic rings. The maximum Gasteiger partial charge on any atom is 0.387 e. The second kappa shape index (κ2) is 9.32. The third kappa shape index (κ3) is 4.99. The van der Waals surface area contributed by atoms with Crippen LogP contribution in [0.5, 0.6) is 0 Å². The first-order chi connectivity index (χ1) is 14.3. The molecule has 0 saturated heterocycles. The topological polar surface area (TPSA) is 76.6 Å². The Bertz CT molecular complexity index is 1090. The van der Waals surface area contributed by atoms with E-state index in [0.717, 1.165) is 27.6 Å². The smallest absolute Gasteiger partial charge is 0.387 e. The van der Waals surface area contributed by atoms with Crippen molar-refractivity contribution in [1.29, 1.82) is 0 Å². The van der Waals surface area contributed by atoms with Crippen LogP contribution in [0.25, 0.3) is 21.9 Å². The summed E-state index contributed by atoms with van der Waals surface area (Å²) < 4.78 is 17.8. The number of para-hydroxylation sites is 3. The minimum Gasteiger partial charge on any atom is -0.399 e. The third-order valence-corrected chi connectivity index (χ3v) is 5.33. The van der Waals surface area contributed by atoms with Gasteiger partial charge >= 0.3 is 14.3 Å². The minimum atomic E-state index is -1.57. The fourth-order valence-corrected chi connectivity index (χ4v) is 3.94. The Balaban J connectivity index is 1.36. The predicted octanol–water partition coefficient (Wildman–Crippen LogP) is 5.93. The number of carbonyl (C=O) groups is 1. The molecule has 0 unspecified atom stereocenters. The third-order valence-electron chi connectivity index (χ3n) is 4.25. The minimum absolute atomic E-state index is 0.244. The number of amides is 2. The summed E-state index contributed by atoms with van der Waals surface area (Å²) in [6.07, 6.45) is 0.636. The molecular formula is C22H21N2O4P. The summed E-state index contributed by atoms with van der Waals surface area (Å²) in [6, 6.07) is 24.7. The van der Waals surface area contributed by atoms with E-state index in [1.54, 1.807) is 0 Å². The Hall–Kier alpha value is -3.21. The van der Waals surface area contributed by atoms with Gasteiger partial charge in [-0.2, -0.15) is 0 Å². The van der Waals surface area contributed by atoms with Crippen LogP contribution in [-0.4, -0.2) is 19.2 Å². The Morgan fingerprint density at radius 3 is 2.07 bits per heavy atom. The second-order valence-corrected chi connectivity index (χ2v) is 7.40. The number of carbonyl (C=O) groups excluding carboxylic acids is 1. The quantitative estimate of drug-likeness (QED) is 0.388. The SMILES string of the molecule is O=C(NCCCOp1oc2ccccc2c2ccccc2o1)Nc1ccccc1. The van der Waals surface area contributed by atoms with Crippen LogP contribution in [-0.2, 0) is 0 Å². The van der Waals surface area contributed by atoms with Crippen molar-refractivity contribution < 1.29 is 17.7 Å². The number of rotatable bonds is 6. The van der Waals surface area contributed by atoms with Gasteiger partial charge in [0.25, 0.3) is 0 Å². The fraction of sp³-hybridized carbons (Fsp3) is 0.136. The highest BCUT2D eigenvalue weighted by Crippen LogP contribution is 2.33. The first-order valence-electron chi connectivity index (χ1n) is 9.37. The van der Waals surface area contributed by atoms with Crippen LogP contribution in [0, 0.1) is 0 Å². The average Bonchev–Trinajstić information content (AvgIpc) is 2.91. The molecule has 1 heterocycles. The van der Waals surface area contributed by atoms with Crippen molar-refractivity contribution in [3.8, 4) is 0 Å². The maximum atomic E-state index is 11.9. The molecule has 2 amide bonds. The monoisotopic (exact) mass is 408 g/mol. The molecule has 6 nitrogen and oxygen atoms in total. The van der Waals surface area contributed by atoms with Gasteiger partial charge in [-0.1, -0.05) is 54.6 Å². The number of nitrogens with one attached hydrogen (secondary N) is 2. The van der Waals surface area contributed by atoms with E-state index in [9.17, 15) is 4.79 Å².